The summed E-state index contributed by atoms with van der Waals surface area (Å²) in [5.74, 6) is -0.234. The van der Waals surface area contributed by atoms with Crippen LogP contribution in [-0.2, 0) is 0 Å². The Morgan fingerprint density at radius 2 is 1.44 bits per heavy atom. The van der Waals surface area contributed by atoms with Crippen molar-refractivity contribution in [1.29, 1.82) is 0 Å². The fraction of sp³-hybridized carbons (Fsp3) is 0.400. The van der Waals surface area contributed by atoms with Gasteiger partial charge in [-0.3, -0.25) is 4.79 Å². The van der Waals surface area contributed by atoms with Gasteiger partial charge in [0, 0.05) is 49.7 Å². The predicted octanol–water partition coefficient (Wildman–Crippen LogP) is 2.71. The average Bonchev–Trinajstić information content (AvgIpc) is 2.78. The number of aromatic hydroxyl groups is 1. The zero-order valence-electron chi connectivity index (χ0n) is 19.0. The molecule has 6 N–H and O–H groups in total. The average molecular weight is 439 g/mol. The fourth-order valence-corrected chi connectivity index (χ4v) is 4.09. The molecule has 0 spiro atoms. The van der Waals surface area contributed by atoms with E-state index in [0.29, 0.717) is 42.0 Å². The molecule has 2 aromatic rings. The fourth-order valence-electron chi connectivity index (χ4n) is 4.09. The number of nitrogens with one attached hydrogen (secondary N) is 4. The molecular weight excluding hydrogens is 404 g/mol. The molecule has 0 fully saturated rings. The van der Waals surface area contributed by atoms with Crippen LogP contribution in [0.15, 0.2) is 30.8 Å². The molecule has 0 radical (unpaired) electrons. The van der Waals surface area contributed by atoms with Gasteiger partial charge in [-0.2, -0.15) is 0 Å². The van der Waals surface area contributed by atoms with Gasteiger partial charge < -0.3 is 31.5 Å². The number of hydrogen-bond acceptors (Lipinski definition) is 7. The number of rotatable bonds is 12. The van der Waals surface area contributed by atoms with Gasteiger partial charge in [0.25, 0.3) is 0 Å². The molecule has 7 heteroatoms. The van der Waals surface area contributed by atoms with Gasteiger partial charge in [-0.25, -0.2) is 0 Å². The second-order valence-corrected chi connectivity index (χ2v) is 7.95. The van der Waals surface area contributed by atoms with E-state index in [9.17, 15) is 9.90 Å². The Morgan fingerprint density at radius 1 is 0.812 bits per heavy atom. The molecule has 0 saturated carbocycles. The van der Waals surface area contributed by atoms with Crippen molar-refractivity contribution in [3.63, 3.8) is 0 Å². The quantitative estimate of drug-likeness (QED) is 0.242. The molecule has 0 amide bonds. The molecule has 0 bridgehead atoms. The maximum Gasteiger partial charge on any atom is 0.200 e. The van der Waals surface area contributed by atoms with Crippen LogP contribution in [-0.4, -0.2) is 61.9 Å². The Labute approximate surface area is 189 Å². The van der Waals surface area contributed by atoms with Crippen LogP contribution in [0.1, 0.15) is 46.0 Å². The van der Waals surface area contributed by atoms with Gasteiger partial charge in [-0.1, -0.05) is 19.6 Å². The first-order valence-corrected chi connectivity index (χ1v) is 11.2. The highest BCUT2D eigenvalue weighted by molar-refractivity contribution is 6.24. The lowest BCUT2D eigenvalue weighted by Crippen LogP contribution is -2.27. The lowest BCUT2D eigenvalue weighted by molar-refractivity contribution is 0.103. The van der Waals surface area contributed by atoms with Gasteiger partial charge in [0.15, 0.2) is 5.78 Å². The van der Waals surface area contributed by atoms with E-state index in [-0.39, 0.29) is 18.1 Å². The first-order valence-electron chi connectivity index (χ1n) is 11.2. The number of ketones is 1. The number of aryl methyl sites for hydroxylation is 1. The van der Waals surface area contributed by atoms with Gasteiger partial charge in [-0.15, -0.1) is 0 Å². The third kappa shape index (κ3) is 4.96. The Kier molecular flexibility index (Phi) is 8.27. The predicted molar refractivity (Wildman–Crippen MR) is 131 cm³/mol. The summed E-state index contributed by atoms with van der Waals surface area (Å²) in [5.41, 5.74) is 5.52. The van der Waals surface area contributed by atoms with E-state index in [0.717, 1.165) is 48.4 Å². The Hall–Kier alpha value is -2.87. The van der Waals surface area contributed by atoms with E-state index in [1.165, 1.54) is 0 Å². The van der Waals surface area contributed by atoms with Crippen LogP contribution in [0.3, 0.4) is 0 Å². The first kappa shape index (κ1) is 23.8. The lowest BCUT2D eigenvalue weighted by Gasteiger charge is -2.28. The topological polar surface area (TPSA) is 106 Å². The van der Waals surface area contributed by atoms with Crippen LogP contribution < -0.4 is 21.3 Å². The molecule has 1 aliphatic rings. The van der Waals surface area contributed by atoms with Crippen molar-refractivity contribution in [1.82, 2.24) is 10.6 Å². The van der Waals surface area contributed by atoms with Crippen molar-refractivity contribution in [2.45, 2.75) is 20.3 Å². The summed E-state index contributed by atoms with van der Waals surface area (Å²) in [7, 11) is 0. The summed E-state index contributed by atoms with van der Waals surface area (Å²) in [6.07, 6.45) is 1.08. The van der Waals surface area contributed by atoms with E-state index < -0.39 is 0 Å². The number of hydrogen-bond donors (Lipinski definition) is 6. The maximum absolute atomic E-state index is 13.6. The molecule has 172 valence electrons. The summed E-state index contributed by atoms with van der Waals surface area (Å²) >= 11 is 0. The Morgan fingerprint density at radius 3 is 2.06 bits per heavy atom. The van der Waals surface area contributed by atoms with E-state index >= 15 is 0 Å². The first-order chi connectivity index (χ1) is 15.5. The van der Waals surface area contributed by atoms with Crippen LogP contribution in [0.5, 0.6) is 5.75 Å². The molecule has 0 aliphatic heterocycles. The van der Waals surface area contributed by atoms with Crippen molar-refractivity contribution < 1.29 is 15.0 Å². The van der Waals surface area contributed by atoms with Crippen LogP contribution >= 0.6 is 0 Å². The normalized spacial score (nSPS) is 12.5. The van der Waals surface area contributed by atoms with Gasteiger partial charge in [-0.05, 0) is 54.8 Å². The number of carbonyl (C=O) groups is 1. The van der Waals surface area contributed by atoms with E-state index in [2.05, 4.69) is 34.8 Å². The minimum Gasteiger partial charge on any atom is -0.507 e. The Balaban J connectivity index is 1.97. The molecule has 3 rings (SSSR count). The third-order valence-electron chi connectivity index (χ3n) is 5.60. The second kappa shape index (κ2) is 11.1. The van der Waals surface area contributed by atoms with Crippen LogP contribution in [0.25, 0.3) is 5.57 Å². The molecule has 0 saturated heterocycles. The van der Waals surface area contributed by atoms with E-state index in [1.54, 1.807) is 6.07 Å². The molecule has 32 heavy (non-hydrogen) atoms. The molecule has 0 unspecified atom stereocenters. The van der Waals surface area contributed by atoms with Gasteiger partial charge in [0.2, 0.25) is 0 Å². The number of aliphatic hydroxyl groups is 1. The standard InChI is InChI=1S/C25H34N4O3/c1-4-9-26-10-12-28-18-6-7-19(29-13-11-27-14-15-30)23-22(18)17(3)21-16(2)5-8-20(31)24(21)25(23)32/h5-8,26-31H,3-4,9-15H2,1-2H3. The summed E-state index contributed by atoms with van der Waals surface area (Å²) in [4.78, 5) is 13.6. The zero-order valence-corrected chi connectivity index (χ0v) is 19.0. The van der Waals surface area contributed by atoms with Crippen LogP contribution in [0, 0.1) is 6.92 Å². The number of anilines is 2. The number of carbonyl (C=O) groups excluding carboxylic acids is 1. The third-order valence-corrected chi connectivity index (χ3v) is 5.60. The van der Waals surface area contributed by atoms with Gasteiger partial charge in [0.05, 0.1) is 17.7 Å². The molecule has 0 atom stereocenters. The molecule has 2 aromatic carbocycles. The van der Waals surface area contributed by atoms with Crippen LogP contribution in [0.4, 0.5) is 11.4 Å². The number of phenolic OH excluding ortho intramolecular Hbond substituents is 1. The summed E-state index contributed by atoms with van der Waals surface area (Å²) in [6, 6.07) is 7.26. The molecule has 7 nitrogen and oxygen atoms in total. The number of fused-ring (bicyclic) bond motifs is 2. The maximum atomic E-state index is 13.6. The highest BCUT2D eigenvalue weighted by atomic mass is 16.3. The van der Waals surface area contributed by atoms with Crippen molar-refractivity contribution >= 4 is 22.7 Å². The SMILES string of the molecule is C=C1c2c(C)ccc(O)c2C(=O)c2c(NCCNCCO)ccc(NCCNCCC)c21. The van der Waals surface area contributed by atoms with Gasteiger partial charge in [0.1, 0.15) is 5.75 Å². The summed E-state index contributed by atoms with van der Waals surface area (Å²) < 4.78 is 0. The van der Waals surface area contributed by atoms with Gasteiger partial charge >= 0.3 is 0 Å². The van der Waals surface area contributed by atoms with Crippen molar-refractivity contribution in [2.24, 2.45) is 0 Å². The zero-order chi connectivity index (χ0) is 23.1. The highest BCUT2D eigenvalue weighted by Crippen LogP contribution is 2.45. The number of aliphatic hydroxyl groups excluding tert-OH is 1. The largest absolute Gasteiger partial charge is 0.507 e. The Bertz CT molecular complexity index is 910. The summed E-state index contributed by atoms with van der Waals surface area (Å²) in [6.45, 7) is 12.7. The highest BCUT2D eigenvalue weighted by Gasteiger charge is 2.33. The molecule has 0 aromatic heterocycles. The lowest BCUT2D eigenvalue weighted by atomic mass is 9.78. The van der Waals surface area contributed by atoms with Crippen molar-refractivity contribution in [3.05, 3.63) is 58.7 Å². The van der Waals surface area contributed by atoms with Crippen molar-refractivity contribution in [3.8, 4) is 5.75 Å². The molecule has 1 aliphatic carbocycles. The smallest absolute Gasteiger partial charge is 0.200 e. The second-order valence-electron chi connectivity index (χ2n) is 7.95. The number of phenols is 1. The monoisotopic (exact) mass is 438 g/mol. The molecular formula is C25H34N4O3. The minimum atomic E-state index is -0.206. The summed E-state index contributed by atoms with van der Waals surface area (Å²) in [5, 5.41) is 32.7. The van der Waals surface area contributed by atoms with Crippen LogP contribution in [0.2, 0.25) is 0 Å². The molecule has 0 heterocycles. The van der Waals surface area contributed by atoms with E-state index in [1.807, 2.05) is 25.1 Å². The van der Waals surface area contributed by atoms with Crippen molar-refractivity contribution in [2.75, 3.05) is 56.5 Å². The minimum absolute atomic E-state index is 0.0277. The van der Waals surface area contributed by atoms with E-state index in [4.69, 9.17) is 5.11 Å². The number of benzene rings is 2.